The number of alkyl halides is 1. The molecule has 0 saturated carbocycles. The third-order valence-corrected chi connectivity index (χ3v) is 2.26. The summed E-state index contributed by atoms with van der Waals surface area (Å²) in [5.74, 6) is 1.52. The molecule has 0 aliphatic heterocycles. The lowest BCUT2D eigenvalue weighted by atomic mass is 10.2. The van der Waals surface area contributed by atoms with Crippen LogP contribution in [0.5, 0.6) is 5.75 Å². The number of benzene rings is 1. The first-order valence-corrected chi connectivity index (χ1v) is 5.85. The number of ether oxygens (including phenoxy) is 2. The van der Waals surface area contributed by atoms with Gasteiger partial charge in [0.15, 0.2) is 0 Å². The first-order valence-electron chi connectivity index (χ1n) is 5.31. The summed E-state index contributed by atoms with van der Waals surface area (Å²) in [4.78, 5) is 0. The van der Waals surface area contributed by atoms with Crippen LogP contribution in [0.15, 0.2) is 30.3 Å². The minimum Gasteiger partial charge on any atom is -0.491 e. The number of rotatable bonds is 7. The summed E-state index contributed by atoms with van der Waals surface area (Å²) < 4.78 is 10.5. The Balaban J connectivity index is 2.60. The van der Waals surface area contributed by atoms with Crippen LogP contribution in [0, 0.1) is 0 Å². The number of halogens is 1. The minimum absolute atomic E-state index is 0.566. The maximum atomic E-state index is 5.61. The van der Waals surface area contributed by atoms with E-state index in [9.17, 15) is 0 Å². The van der Waals surface area contributed by atoms with Crippen LogP contribution in [-0.2, 0) is 4.74 Å². The Morgan fingerprint density at radius 1 is 1.25 bits per heavy atom. The van der Waals surface area contributed by atoms with Gasteiger partial charge in [-0.2, -0.15) is 0 Å². The van der Waals surface area contributed by atoms with Crippen molar-refractivity contribution in [3.05, 3.63) is 35.9 Å². The molecule has 0 heterocycles. The van der Waals surface area contributed by atoms with E-state index in [4.69, 9.17) is 21.1 Å². The van der Waals surface area contributed by atoms with Crippen molar-refractivity contribution in [2.75, 3.05) is 26.2 Å². The first kappa shape index (κ1) is 13.1. The van der Waals surface area contributed by atoms with Crippen LogP contribution >= 0.6 is 11.6 Å². The summed E-state index contributed by atoms with van der Waals surface area (Å²) in [6.07, 6.45) is 4.95. The predicted octanol–water partition coefficient (Wildman–Crippen LogP) is 3.35. The first-order chi connectivity index (χ1) is 7.88. The van der Waals surface area contributed by atoms with Gasteiger partial charge in [-0.1, -0.05) is 30.4 Å². The fourth-order valence-electron chi connectivity index (χ4n) is 1.26. The highest BCUT2D eigenvalue weighted by atomic mass is 35.5. The second-order valence-electron chi connectivity index (χ2n) is 3.26. The molecule has 1 rings (SSSR count). The zero-order valence-corrected chi connectivity index (χ0v) is 10.2. The van der Waals surface area contributed by atoms with E-state index in [0.717, 1.165) is 17.7 Å². The molecule has 0 aromatic heterocycles. The van der Waals surface area contributed by atoms with Crippen molar-refractivity contribution in [3.63, 3.8) is 0 Å². The summed E-state index contributed by atoms with van der Waals surface area (Å²) in [6, 6.07) is 7.92. The van der Waals surface area contributed by atoms with Gasteiger partial charge in [0, 0.05) is 18.6 Å². The van der Waals surface area contributed by atoms with Gasteiger partial charge in [-0.05, 0) is 12.5 Å². The number of para-hydroxylation sites is 1. The number of allylic oxidation sites excluding steroid dienone is 1. The standard InChI is InChI=1S/C13H17ClO2/c1-15-10-11-16-13-8-3-2-6-12(13)7-4-5-9-14/h2-4,6-8H,5,9-11H2,1H3/b7-4+. The Kier molecular flexibility index (Phi) is 6.70. The average Bonchev–Trinajstić information content (AvgIpc) is 2.32. The summed E-state index contributed by atoms with van der Waals surface area (Å²) >= 11 is 5.61. The van der Waals surface area contributed by atoms with Crippen molar-refractivity contribution in [3.8, 4) is 5.75 Å². The molecule has 0 atom stereocenters. The quantitative estimate of drug-likeness (QED) is 0.538. The number of hydrogen-bond acceptors (Lipinski definition) is 2. The molecule has 1 aromatic carbocycles. The van der Waals surface area contributed by atoms with Crippen LogP contribution in [0.25, 0.3) is 6.08 Å². The van der Waals surface area contributed by atoms with Crippen molar-refractivity contribution in [2.24, 2.45) is 0 Å². The molecule has 0 saturated heterocycles. The predicted molar refractivity (Wildman–Crippen MR) is 68.2 cm³/mol. The van der Waals surface area contributed by atoms with Gasteiger partial charge in [0.25, 0.3) is 0 Å². The topological polar surface area (TPSA) is 18.5 Å². The molecule has 1 aromatic rings. The molecule has 3 heteroatoms. The molecule has 0 aliphatic carbocycles. The lowest BCUT2D eigenvalue weighted by Crippen LogP contribution is -2.04. The van der Waals surface area contributed by atoms with Crippen LogP contribution in [-0.4, -0.2) is 26.2 Å². The van der Waals surface area contributed by atoms with Crippen LogP contribution in [0.2, 0.25) is 0 Å². The number of hydrogen-bond donors (Lipinski definition) is 0. The molecule has 0 N–H and O–H groups in total. The second kappa shape index (κ2) is 8.20. The van der Waals surface area contributed by atoms with Crippen LogP contribution in [0.1, 0.15) is 12.0 Å². The van der Waals surface area contributed by atoms with E-state index in [-0.39, 0.29) is 0 Å². The molecule has 0 unspecified atom stereocenters. The molecule has 88 valence electrons. The van der Waals surface area contributed by atoms with Gasteiger partial charge in [0.1, 0.15) is 12.4 Å². The fraction of sp³-hybridized carbons (Fsp3) is 0.385. The zero-order chi connectivity index (χ0) is 11.6. The Hall–Kier alpha value is -0.990. The van der Waals surface area contributed by atoms with Crippen molar-refractivity contribution in [1.29, 1.82) is 0 Å². The van der Waals surface area contributed by atoms with Gasteiger partial charge < -0.3 is 9.47 Å². The van der Waals surface area contributed by atoms with E-state index in [1.165, 1.54) is 0 Å². The highest BCUT2D eigenvalue weighted by Crippen LogP contribution is 2.19. The van der Waals surface area contributed by atoms with Gasteiger partial charge >= 0.3 is 0 Å². The van der Waals surface area contributed by atoms with Crippen molar-refractivity contribution < 1.29 is 9.47 Å². The van der Waals surface area contributed by atoms with Crippen LogP contribution < -0.4 is 4.74 Å². The average molecular weight is 241 g/mol. The molecule has 0 radical (unpaired) electrons. The van der Waals surface area contributed by atoms with E-state index in [2.05, 4.69) is 0 Å². The summed E-state index contributed by atoms with van der Waals surface area (Å²) in [5, 5.41) is 0. The summed E-state index contributed by atoms with van der Waals surface area (Å²) in [7, 11) is 1.66. The van der Waals surface area contributed by atoms with Crippen LogP contribution in [0.3, 0.4) is 0 Å². The smallest absolute Gasteiger partial charge is 0.126 e. The van der Waals surface area contributed by atoms with E-state index >= 15 is 0 Å². The lowest BCUT2D eigenvalue weighted by molar-refractivity contribution is 0.146. The highest BCUT2D eigenvalue weighted by Gasteiger charge is 1.98. The van der Waals surface area contributed by atoms with Crippen LogP contribution in [0.4, 0.5) is 0 Å². The van der Waals surface area contributed by atoms with Gasteiger partial charge in [-0.3, -0.25) is 0 Å². The Bertz CT molecular complexity index is 323. The molecule has 0 spiro atoms. The third kappa shape index (κ3) is 4.69. The van der Waals surface area contributed by atoms with Gasteiger partial charge in [0.05, 0.1) is 6.61 Å². The van der Waals surface area contributed by atoms with E-state index < -0.39 is 0 Å². The zero-order valence-electron chi connectivity index (χ0n) is 9.49. The monoisotopic (exact) mass is 240 g/mol. The van der Waals surface area contributed by atoms with Crippen molar-refractivity contribution >= 4 is 17.7 Å². The maximum absolute atomic E-state index is 5.61. The lowest BCUT2D eigenvalue weighted by Gasteiger charge is -2.08. The fourth-order valence-corrected chi connectivity index (χ4v) is 1.38. The van der Waals surface area contributed by atoms with Crippen molar-refractivity contribution in [2.45, 2.75) is 6.42 Å². The van der Waals surface area contributed by atoms with Gasteiger partial charge in [0.2, 0.25) is 0 Å². The molecule has 0 fully saturated rings. The molecule has 2 nitrogen and oxygen atoms in total. The molecule has 16 heavy (non-hydrogen) atoms. The Morgan fingerprint density at radius 3 is 2.81 bits per heavy atom. The maximum Gasteiger partial charge on any atom is 0.126 e. The molecular weight excluding hydrogens is 224 g/mol. The Labute approximate surface area is 102 Å². The number of methoxy groups -OCH3 is 1. The normalized spacial score (nSPS) is 10.9. The largest absolute Gasteiger partial charge is 0.491 e. The van der Waals surface area contributed by atoms with E-state index in [1.54, 1.807) is 7.11 Å². The SMILES string of the molecule is COCCOc1ccccc1/C=C/CCCl. The van der Waals surface area contributed by atoms with Gasteiger partial charge in [-0.15, -0.1) is 11.6 Å². The summed E-state index contributed by atoms with van der Waals surface area (Å²) in [6.45, 7) is 1.16. The minimum atomic E-state index is 0.566. The van der Waals surface area contributed by atoms with Gasteiger partial charge in [-0.25, -0.2) is 0 Å². The van der Waals surface area contributed by atoms with Crippen molar-refractivity contribution in [1.82, 2.24) is 0 Å². The molecule has 0 aliphatic rings. The molecular formula is C13H17ClO2. The highest BCUT2D eigenvalue weighted by molar-refractivity contribution is 6.17. The molecule has 0 amide bonds. The van der Waals surface area contributed by atoms with E-state index in [1.807, 2.05) is 36.4 Å². The van der Waals surface area contributed by atoms with E-state index in [0.29, 0.717) is 19.1 Å². The third-order valence-electron chi connectivity index (χ3n) is 2.04. The second-order valence-corrected chi connectivity index (χ2v) is 3.64. The molecule has 0 bridgehead atoms. The Morgan fingerprint density at radius 2 is 2.06 bits per heavy atom. The summed E-state index contributed by atoms with van der Waals surface area (Å²) in [5.41, 5.74) is 1.07.